The van der Waals surface area contributed by atoms with E-state index in [1.807, 2.05) is 13.1 Å². The molecule has 0 aliphatic rings. The lowest BCUT2D eigenvalue weighted by atomic mass is 10.2. The molecule has 5 nitrogen and oxygen atoms in total. The monoisotopic (exact) mass is 206 g/mol. The molecule has 80 valence electrons. The van der Waals surface area contributed by atoms with Crippen molar-refractivity contribution in [2.45, 2.75) is 33.2 Å². The Kier molecular flexibility index (Phi) is 2.53. The van der Waals surface area contributed by atoms with E-state index in [4.69, 9.17) is 0 Å². The van der Waals surface area contributed by atoms with Gasteiger partial charge in [-0.25, -0.2) is 9.61 Å². The molecule has 2 aromatic heterocycles. The van der Waals surface area contributed by atoms with Crippen LogP contribution in [0, 0.1) is 6.92 Å². The minimum Gasteiger partial charge on any atom is -0.329 e. The Bertz CT molecular complexity index is 444. The Hall–Kier alpha value is -1.65. The van der Waals surface area contributed by atoms with E-state index in [-0.39, 0.29) is 0 Å². The molecule has 0 radical (unpaired) electrons. The van der Waals surface area contributed by atoms with Gasteiger partial charge >= 0.3 is 0 Å². The van der Waals surface area contributed by atoms with Gasteiger partial charge in [0, 0.05) is 18.3 Å². The molecule has 0 spiro atoms. The number of hydrogen-bond donors (Lipinski definition) is 0. The fourth-order valence-electron chi connectivity index (χ4n) is 1.51. The topological polar surface area (TPSA) is 56.7 Å². The normalized spacial score (nSPS) is 11.2. The van der Waals surface area contributed by atoms with Gasteiger partial charge in [0.1, 0.15) is 17.2 Å². The van der Waals surface area contributed by atoms with Crippen LogP contribution >= 0.6 is 0 Å². The maximum absolute atomic E-state index is 4.66. The molecule has 0 bridgehead atoms. The van der Waals surface area contributed by atoms with Crippen LogP contribution in [0.4, 0.5) is 0 Å². The van der Waals surface area contributed by atoms with E-state index in [0.717, 1.165) is 17.2 Å². The molecule has 2 rings (SSSR count). The van der Waals surface area contributed by atoms with E-state index in [0.29, 0.717) is 12.5 Å². The third kappa shape index (κ3) is 1.91. The number of hydrogen-bond acceptors (Lipinski definition) is 4. The molecule has 2 heterocycles. The maximum Gasteiger partial charge on any atom is 0.127 e. The molecule has 0 atom stereocenters. The van der Waals surface area contributed by atoms with Crippen molar-refractivity contribution in [2.24, 2.45) is 0 Å². The standard InChI is InChI=1S/C10H14N4O/c1-7(2)10-11-4-5-14(10)6-9-8(3)12-15-13-9/h4-5,7H,6H2,1-3H3. The minimum absolute atomic E-state index is 0.403. The average Bonchev–Trinajstić information content (AvgIpc) is 2.77. The second-order valence-corrected chi connectivity index (χ2v) is 3.86. The maximum atomic E-state index is 4.66. The van der Waals surface area contributed by atoms with Crippen LogP contribution in [-0.4, -0.2) is 19.9 Å². The van der Waals surface area contributed by atoms with Crippen molar-refractivity contribution in [3.05, 3.63) is 29.6 Å². The van der Waals surface area contributed by atoms with Gasteiger partial charge in [0.2, 0.25) is 0 Å². The van der Waals surface area contributed by atoms with Gasteiger partial charge in [0.15, 0.2) is 0 Å². The molecule has 0 unspecified atom stereocenters. The Morgan fingerprint density at radius 3 is 2.80 bits per heavy atom. The third-order valence-electron chi connectivity index (χ3n) is 2.33. The fraction of sp³-hybridized carbons (Fsp3) is 0.500. The van der Waals surface area contributed by atoms with Crippen molar-refractivity contribution >= 4 is 0 Å². The van der Waals surface area contributed by atoms with Crippen LogP contribution in [0.25, 0.3) is 0 Å². The first-order valence-corrected chi connectivity index (χ1v) is 4.97. The van der Waals surface area contributed by atoms with E-state index in [1.165, 1.54) is 0 Å². The van der Waals surface area contributed by atoms with Crippen LogP contribution in [0.5, 0.6) is 0 Å². The Balaban J connectivity index is 2.25. The number of rotatable bonds is 3. The van der Waals surface area contributed by atoms with Crippen LogP contribution in [0.1, 0.15) is 37.0 Å². The Morgan fingerprint density at radius 2 is 2.20 bits per heavy atom. The van der Waals surface area contributed by atoms with Gasteiger partial charge < -0.3 is 4.57 Å². The summed E-state index contributed by atoms with van der Waals surface area (Å²) in [5, 5.41) is 7.61. The molecule has 0 amide bonds. The summed E-state index contributed by atoms with van der Waals surface area (Å²) in [5.74, 6) is 1.46. The van der Waals surface area contributed by atoms with Crippen molar-refractivity contribution in [1.29, 1.82) is 0 Å². The summed E-state index contributed by atoms with van der Waals surface area (Å²) in [7, 11) is 0. The first-order valence-electron chi connectivity index (χ1n) is 4.97. The largest absolute Gasteiger partial charge is 0.329 e. The van der Waals surface area contributed by atoms with Gasteiger partial charge in [-0.1, -0.05) is 24.2 Å². The summed E-state index contributed by atoms with van der Waals surface area (Å²) in [6.45, 7) is 6.79. The molecule has 15 heavy (non-hydrogen) atoms. The number of imidazole rings is 1. The van der Waals surface area contributed by atoms with Gasteiger partial charge in [0.25, 0.3) is 0 Å². The summed E-state index contributed by atoms with van der Waals surface area (Å²) in [4.78, 5) is 4.31. The van der Waals surface area contributed by atoms with E-state index in [9.17, 15) is 0 Å². The van der Waals surface area contributed by atoms with Crippen molar-refractivity contribution in [2.75, 3.05) is 0 Å². The SMILES string of the molecule is Cc1nonc1Cn1ccnc1C(C)C. The van der Waals surface area contributed by atoms with Crippen LogP contribution in [0.3, 0.4) is 0 Å². The summed E-state index contributed by atoms with van der Waals surface area (Å²) in [5.41, 5.74) is 1.69. The molecule has 0 N–H and O–H groups in total. The zero-order valence-corrected chi connectivity index (χ0v) is 9.14. The van der Waals surface area contributed by atoms with E-state index in [2.05, 4.69) is 38.3 Å². The number of aryl methyl sites for hydroxylation is 1. The molecular formula is C10H14N4O. The van der Waals surface area contributed by atoms with Crippen molar-refractivity contribution in [3.63, 3.8) is 0 Å². The van der Waals surface area contributed by atoms with Gasteiger partial charge in [-0.2, -0.15) is 0 Å². The molecule has 0 aliphatic heterocycles. The van der Waals surface area contributed by atoms with E-state index in [1.54, 1.807) is 6.20 Å². The smallest absolute Gasteiger partial charge is 0.127 e. The average molecular weight is 206 g/mol. The second kappa shape index (κ2) is 3.84. The van der Waals surface area contributed by atoms with Gasteiger partial charge in [0.05, 0.1) is 6.54 Å². The van der Waals surface area contributed by atoms with Crippen LogP contribution in [0.15, 0.2) is 17.0 Å². The zero-order chi connectivity index (χ0) is 10.8. The summed E-state index contributed by atoms with van der Waals surface area (Å²) in [6.07, 6.45) is 3.75. The molecule has 0 saturated carbocycles. The lowest BCUT2D eigenvalue weighted by Gasteiger charge is -2.08. The Labute approximate surface area is 88.1 Å². The first-order chi connectivity index (χ1) is 7.18. The third-order valence-corrected chi connectivity index (χ3v) is 2.33. The first kappa shape index (κ1) is 9.89. The lowest BCUT2D eigenvalue weighted by molar-refractivity contribution is 0.300. The highest BCUT2D eigenvalue weighted by molar-refractivity contribution is 5.08. The lowest BCUT2D eigenvalue weighted by Crippen LogP contribution is -2.06. The quantitative estimate of drug-likeness (QED) is 0.767. The fourth-order valence-corrected chi connectivity index (χ4v) is 1.51. The second-order valence-electron chi connectivity index (χ2n) is 3.86. The number of aromatic nitrogens is 4. The molecule has 2 aromatic rings. The molecule has 0 aromatic carbocycles. The van der Waals surface area contributed by atoms with Crippen LogP contribution in [-0.2, 0) is 6.54 Å². The molecular weight excluding hydrogens is 192 g/mol. The van der Waals surface area contributed by atoms with Crippen molar-refractivity contribution < 1.29 is 4.63 Å². The van der Waals surface area contributed by atoms with Gasteiger partial charge in [-0.3, -0.25) is 0 Å². The van der Waals surface area contributed by atoms with Crippen LogP contribution in [0.2, 0.25) is 0 Å². The minimum atomic E-state index is 0.403. The summed E-state index contributed by atoms with van der Waals surface area (Å²) in [6, 6.07) is 0. The highest BCUT2D eigenvalue weighted by atomic mass is 16.6. The zero-order valence-electron chi connectivity index (χ0n) is 9.14. The van der Waals surface area contributed by atoms with Gasteiger partial charge in [-0.15, -0.1) is 0 Å². The molecule has 0 saturated heterocycles. The molecule has 0 aliphatic carbocycles. The summed E-state index contributed by atoms with van der Waals surface area (Å²) < 4.78 is 6.73. The Morgan fingerprint density at radius 1 is 1.40 bits per heavy atom. The van der Waals surface area contributed by atoms with Gasteiger partial charge in [-0.05, 0) is 6.92 Å². The van der Waals surface area contributed by atoms with Crippen molar-refractivity contribution in [1.82, 2.24) is 19.9 Å². The van der Waals surface area contributed by atoms with E-state index >= 15 is 0 Å². The van der Waals surface area contributed by atoms with Crippen molar-refractivity contribution in [3.8, 4) is 0 Å². The molecule has 5 heteroatoms. The van der Waals surface area contributed by atoms with Crippen LogP contribution < -0.4 is 0 Å². The van der Waals surface area contributed by atoms with E-state index < -0.39 is 0 Å². The predicted octanol–water partition coefficient (Wildman–Crippen LogP) is 1.75. The predicted molar refractivity (Wildman–Crippen MR) is 54.5 cm³/mol. The molecule has 0 fully saturated rings. The highest BCUT2D eigenvalue weighted by Crippen LogP contribution is 2.13. The highest BCUT2D eigenvalue weighted by Gasteiger charge is 2.11. The summed E-state index contributed by atoms with van der Waals surface area (Å²) >= 11 is 0. The number of nitrogens with zero attached hydrogens (tertiary/aromatic N) is 4.